The van der Waals surface area contributed by atoms with E-state index >= 15 is 0 Å². The van der Waals surface area contributed by atoms with E-state index < -0.39 is 0 Å². The number of fused-ring (bicyclic) bond motifs is 1. The highest BCUT2D eigenvalue weighted by Gasteiger charge is 2.28. The summed E-state index contributed by atoms with van der Waals surface area (Å²) in [5.41, 5.74) is 2.50. The summed E-state index contributed by atoms with van der Waals surface area (Å²) in [6.45, 7) is 3.36. The molecule has 0 saturated carbocycles. The molecule has 108 valence electrons. The van der Waals surface area contributed by atoms with Gasteiger partial charge in [-0.2, -0.15) is 16.9 Å². The summed E-state index contributed by atoms with van der Waals surface area (Å²) in [4.78, 5) is 0. The van der Waals surface area contributed by atoms with Gasteiger partial charge in [-0.1, -0.05) is 25.1 Å². The summed E-state index contributed by atoms with van der Waals surface area (Å²) in [6.07, 6.45) is 2.30. The molecule has 0 radical (unpaired) electrons. The van der Waals surface area contributed by atoms with Crippen LogP contribution in [0.2, 0.25) is 0 Å². The third-order valence-electron chi connectivity index (χ3n) is 4.14. The van der Waals surface area contributed by atoms with Gasteiger partial charge in [0.2, 0.25) is 0 Å². The van der Waals surface area contributed by atoms with Gasteiger partial charge in [-0.05, 0) is 37.1 Å². The molecule has 2 aromatic rings. The number of nitrogens with one attached hydrogen (secondary N) is 1. The zero-order chi connectivity index (χ0) is 13.9. The van der Waals surface area contributed by atoms with Crippen LogP contribution in [0, 0.1) is 5.92 Å². The number of benzene rings is 1. The summed E-state index contributed by atoms with van der Waals surface area (Å²) in [7, 11) is 2.04. The molecule has 1 aliphatic rings. The van der Waals surface area contributed by atoms with Crippen LogP contribution in [0.1, 0.15) is 19.0 Å². The van der Waals surface area contributed by atoms with Gasteiger partial charge >= 0.3 is 0 Å². The Morgan fingerprint density at radius 3 is 3.05 bits per heavy atom. The molecule has 0 bridgehead atoms. The van der Waals surface area contributed by atoms with Gasteiger partial charge in [-0.3, -0.25) is 4.68 Å². The summed E-state index contributed by atoms with van der Waals surface area (Å²) < 4.78 is 2.02. The van der Waals surface area contributed by atoms with Crippen molar-refractivity contribution in [2.75, 3.05) is 18.1 Å². The number of hydrogen-bond acceptors (Lipinski definition) is 3. The van der Waals surface area contributed by atoms with Crippen LogP contribution in [-0.4, -0.2) is 33.9 Å². The van der Waals surface area contributed by atoms with Gasteiger partial charge in [-0.25, -0.2) is 0 Å². The molecule has 1 N–H and O–H groups in total. The van der Waals surface area contributed by atoms with E-state index in [0.717, 1.165) is 13.0 Å². The zero-order valence-electron chi connectivity index (χ0n) is 12.3. The van der Waals surface area contributed by atoms with Crippen LogP contribution < -0.4 is 5.32 Å². The van der Waals surface area contributed by atoms with Gasteiger partial charge in [0.15, 0.2) is 0 Å². The molecule has 0 spiro atoms. The van der Waals surface area contributed by atoms with Gasteiger partial charge in [-0.15, -0.1) is 0 Å². The summed E-state index contributed by atoms with van der Waals surface area (Å²) in [5.74, 6) is 3.21. The lowest BCUT2D eigenvalue weighted by molar-refractivity contribution is 0.422. The standard InChI is InChI=1S/C16H23N3S/c1-3-8-17-15-11-20-10-12(15)9-14-13-6-4-5-7-16(13)19(2)18-14/h4-7,12,15,17H,3,8-11H2,1-2H3. The predicted octanol–water partition coefficient (Wildman–Crippen LogP) is 2.85. The molecule has 1 aliphatic heterocycles. The number of nitrogens with zero attached hydrogens (tertiary/aromatic N) is 2. The van der Waals surface area contributed by atoms with Crippen LogP contribution in [0.5, 0.6) is 0 Å². The number of rotatable bonds is 5. The Morgan fingerprint density at radius 2 is 2.20 bits per heavy atom. The highest BCUT2D eigenvalue weighted by atomic mass is 32.2. The van der Waals surface area contributed by atoms with Crippen molar-refractivity contribution in [3.63, 3.8) is 0 Å². The Kier molecular flexibility index (Phi) is 4.32. The number of hydrogen-bond donors (Lipinski definition) is 1. The molecule has 3 rings (SSSR count). The van der Waals surface area contributed by atoms with Crippen LogP contribution >= 0.6 is 11.8 Å². The van der Waals surface area contributed by atoms with E-state index in [-0.39, 0.29) is 0 Å². The lowest BCUT2D eigenvalue weighted by Gasteiger charge is -2.19. The van der Waals surface area contributed by atoms with Gasteiger partial charge in [0.1, 0.15) is 0 Å². The second-order valence-corrected chi connectivity index (χ2v) is 6.72. The van der Waals surface area contributed by atoms with E-state index in [1.165, 1.54) is 34.5 Å². The van der Waals surface area contributed by atoms with E-state index in [1.54, 1.807) is 0 Å². The van der Waals surface area contributed by atoms with Crippen molar-refractivity contribution in [2.24, 2.45) is 13.0 Å². The average Bonchev–Trinajstić information content (AvgIpc) is 3.03. The largest absolute Gasteiger partial charge is 0.313 e. The Labute approximate surface area is 125 Å². The molecule has 4 heteroatoms. The molecule has 1 aromatic carbocycles. The fourth-order valence-electron chi connectivity index (χ4n) is 3.04. The quantitative estimate of drug-likeness (QED) is 0.918. The molecule has 0 amide bonds. The van der Waals surface area contributed by atoms with Crippen molar-refractivity contribution in [3.05, 3.63) is 30.0 Å². The second-order valence-electron chi connectivity index (χ2n) is 5.65. The van der Waals surface area contributed by atoms with Crippen LogP contribution in [-0.2, 0) is 13.5 Å². The van der Waals surface area contributed by atoms with Crippen molar-refractivity contribution in [1.82, 2.24) is 15.1 Å². The Bertz CT molecular complexity index is 578. The number of aryl methyl sites for hydroxylation is 1. The fraction of sp³-hybridized carbons (Fsp3) is 0.562. The van der Waals surface area contributed by atoms with Crippen molar-refractivity contribution >= 4 is 22.7 Å². The highest BCUT2D eigenvalue weighted by Crippen LogP contribution is 2.29. The van der Waals surface area contributed by atoms with E-state index in [1.807, 2.05) is 11.7 Å². The lowest BCUT2D eigenvalue weighted by Crippen LogP contribution is -2.36. The lowest BCUT2D eigenvalue weighted by atomic mass is 9.96. The maximum atomic E-state index is 4.75. The molecule has 1 saturated heterocycles. The summed E-state index contributed by atoms with van der Waals surface area (Å²) in [6, 6.07) is 9.21. The van der Waals surface area contributed by atoms with E-state index in [0.29, 0.717) is 12.0 Å². The number of thioether (sulfide) groups is 1. The number of para-hydroxylation sites is 1. The molecule has 1 aromatic heterocycles. The van der Waals surface area contributed by atoms with Gasteiger partial charge in [0.05, 0.1) is 11.2 Å². The molecule has 2 atom stereocenters. The van der Waals surface area contributed by atoms with Crippen LogP contribution in [0.3, 0.4) is 0 Å². The minimum Gasteiger partial charge on any atom is -0.313 e. The molecule has 20 heavy (non-hydrogen) atoms. The average molecular weight is 289 g/mol. The van der Waals surface area contributed by atoms with E-state index in [4.69, 9.17) is 5.10 Å². The summed E-state index contributed by atoms with van der Waals surface area (Å²) in [5, 5.41) is 9.77. The third kappa shape index (κ3) is 2.72. The van der Waals surface area contributed by atoms with Crippen LogP contribution in [0.25, 0.3) is 10.9 Å². The minimum atomic E-state index is 0.653. The van der Waals surface area contributed by atoms with E-state index in [2.05, 4.69) is 48.3 Å². The SMILES string of the molecule is CCCNC1CSCC1Cc1nn(C)c2ccccc12. The molecular weight excluding hydrogens is 266 g/mol. The van der Waals surface area contributed by atoms with Crippen molar-refractivity contribution in [2.45, 2.75) is 25.8 Å². The van der Waals surface area contributed by atoms with Gasteiger partial charge in [0, 0.05) is 24.2 Å². The molecule has 0 aliphatic carbocycles. The van der Waals surface area contributed by atoms with Crippen LogP contribution in [0.4, 0.5) is 0 Å². The van der Waals surface area contributed by atoms with Crippen LogP contribution in [0.15, 0.2) is 24.3 Å². The minimum absolute atomic E-state index is 0.653. The molecule has 2 unspecified atom stereocenters. The van der Waals surface area contributed by atoms with Gasteiger partial charge in [0.25, 0.3) is 0 Å². The van der Waals surface area contributed by atoms with E-state index in [9.17, 15) is 0 Å². The monoisotopic (exact) mass is 289 g/mol. The normalized spacial score (nSPS) is 22.7. The second kappa shape index (κ2) is 6.19. The fourth-order valence-corrected chi connectivity index (χ4v) is 4.48. The van der Waals surface area contributed by atoms with Crippen molar-refractivity contribution in [3.8, 4) is 0 Å². The van der Waals surface area contributed by atoms with Crippen molar-refractivity contribution < 1.29 is 0 Å². The first kappa shape index (κ1) is 14.0. The van der Waals surface area contributed by atoms with Gasteiger partial charge < -0.3 is 5.32 Å². The zero-order valence-corrected chi connectivity index (χ0v) is 13.1. The Morgan fingerprint density at radius 1 is 1.35 bits per heavy atom. The smallest absolute Gasteiger partial charge is 0.0706 e. The summed E-state index contributed by atoms with van der Waals surface area (Å²) >= 11 is 2.08. The predicted molar refractivity (Wildman–Crippen MR) is 87.3 cm³/mol. The highest BCUT2D eigenvalue weighted by molar-refractivity contribution is 7.99. The Hall–Kier alpha value is -1.00. The van der Waals surface area contributed by atoms with Crippen molar-refractivity contribution in [1.29, 1.82) is 0 Å². The first-order chi connectivity index (χ1) is 9.79. The first-order valence-electron chi connectivity index (χ1n) is 7.51. The number of aromatic nitrogens is 2. The topological polar surface area (TPSA) is 29.9 Å². The molecule has 2 heterocycles. The third-order valence-corrected chi connectivity index (χ3v) is 5.40. The first-order valence-corrected chi connectivity index (χ1v) is 8.66. The molecular formula is C16H23N3S. The Balaban J connectivity index is 1.79. The maximum Gasteiger partial charge on any atom is 0.0706 e. The molecule has 1 fully saturated rings. The maximum absolute atomic E-state index is 4.75. The molecule has 3 nitrogen and oxygen atoms in total.